The summed E-state index contributed by atoms with van der Waals surface area (Å²) >= 11 is 0. The molecule has 0 bridgehead atoms. The molecule has 3 aromatic carbocycles. The summed E-state index contributed by atoms with van der Waals surface area (Å²) < 4.78 is 1.44. The average molecular weight is 341 g/mol. The van der Waals surface area contributed by atoms with Gasteiger partial charge >= 0.3 is 0 Å². The van der Waals surface area contributed by atoms with Crippen LogP contribution in [-0.4, -0.2) is 21.4 Å². The number of nitrogens with zero attached hydrogens (tertiary/aromatic N) is 2. The van der Waals surface area contributed by atoms with Crippen LogP contribution in [0.25, 0.3) is 11.0 Å². The second-order valence-electron chi connectivity index (χ2n) is 5.75. The highest BCUT2D eigenvalue weighted by Crippen LogP contribution is 2.22. The van der Waals surface area contributed by atoms with Crippen LogP contribution in [0.15, 0.2) is 84.9 Å². The molecule has 0 unspecified atom stereocenters. The van der Waals surface area contributed by atoms with Gasteiger partial charge in [-0.25, -0.2) is 9.55 Å². The third-order valence-corrected chi connectivity index (χ3v) is 4.05. The molecule has 1 amide bonds. The van der Waals surface area contributed by atoms with Crippen LogP contribution in [0.3, 0.4) is 0 Å². The van der Waals surface area contributed by atoms with Crippen molar-refractivity contribution < 1.29 is 9.59 Å². The van der Waals surface area contributed by atoms with E-state index >= 15 is 0 Å². The molecule has 0 fully saturated rings. The fourth-order valence-corrected chi connectivity index (χ4v) is 2.79. The number of benzene rings is 3. The van der Waals surface area contributed by atoms with Crippen LogP contribution >= 0.6 is 0 Å². The van der Waals surface area contributed by atoms with Gasteiger partial charge in [0.25, 0.3) is 11.8 Å². The summed E-state index contributed by atoms with van der Waals surface area (Å²) in [6.45, 7) is 0. The molecule has 0 atom stereocenters. The number of imidazole rings is 1. The molecule has 1 N–H and O–H groups in total. The van der Waals surface area contributed by atoms with Crippen molar-refractivity contribution in [3.63, 3.8) is 0 Å². The molecule has 1 aromatic heterocycles. The Morgan fingerprint density at radius 1 is 0.731 bits per heavy atom. The molecule has 0 radical (unpaired) electrons. The van der Waals surface area contributed by atoms with E-state index in [-0.39, 0.29) is 17.8 Å². The maximum atomic E-state index is 13.0. The molecule has 5 nitrogen and oxygen atoms in total. The molecular formula is C21H15N3O2. The minimum Gasteiger partial charge on any atom is -0.291 e. The number of hydrogen-bond acceptors (Lipinski definition) is 3. The van der Waals surface area contributed by atoms with Crippen molar-refractivity contribution >= 4 is 28.8 Å². The van der Waals surface area contributed by atoms with E-state index in [4.69, 9.17) is 0 Å². The minimum atomic E-state index is -0.317. The first kappa shape index (κ1) is 15.8. The third-order valence-electron chi connectivity index (χ3n) is 4.05. The van der Waals surface area contributed by atoms with Gasteiger partial charge in [0.2, 0.25) is 5.95 Å². The van der Waals surface area contributed by atoms with Gasteiger partial charge < -0.3 is 0 Å². The number of hydrogen-bond donors (Lipinski definition) is 1. The number of carbonyl (C=O) groups excluding carboxylic acids is 2. The van der Waals surface area contributed by atoms with Crippen LogP contribution in [0.1, 0.15) is 20.7 Å². The van der Waals surface area contributed by atoms with Crippen LogP contribution in [0, 0.1) is 0 Å². The van der Waals surface area contributed by atoms with E-state index in [1.165, 1.54) is 4.57 Å². The molecule has 26 heavy (non-hydrogen) atoms. The second-order valence-corrected chi connectivity index (χ2v) is 5.75. The van der Waals surface area contributed by atoms with Crippen LogP contribution < -0.4 is 5.32 Å². The van der Waals surface area contributed by atoms with E-state index in [0.29, 0.717) is 22.2 Å². The van der Waals surface area contributed by atoms with Gasteiger partial charge in [0.15, 0.2) is 0 Å². The highest BCUT2D eigenvalue weighted by atomic mass is 16.2. The summed E-state index contributed by atoms with van der Waals surface area (Å²) in [4.78, 5) is 30.0. The molecule has 0 aliphatic heterocycles. The first-order valence-electron chi connectivity index (χ1n) is 8.17. The van der Waals surface area contributed by atoms with Crippen LogP contribution in [0.4, 0.5) is 5.95 Å². The van der Waals surface area contributed by atoms with Crippen LogP contribution in [-0.2, 0) is 0 Å². The highest BCUT2D eigenvalue weighted by Gasteiger charge is 2.20. The molecule has 5 heteroatoms. The first-order chi connectivity index (χ1) is 12.7. The Morgan fingerprint density at radius 2 is 1.31 bits per heavy atom. The zero-order chi connectivity index (χ0) is 17.9. The SMILES string of the molecule is O=C(Nc1nc2ccccc2n1C(=O)c1ccccc1)c1ccccc1. The Labute approximate surface area is 149 Å². The normalized spacial score (nSPS) is 10.6. The largest absolute Gasteiger partial charge is 0.291 e. The number of nitrogens with one attached hydrogen (secondary N) is 1. The van der Waals surface area contributed by atoms with Crippen LogP contribution in [0.2, 0.25) is 0 Å². The van der Waals surface area contributed by atoms with Gasteiger partial charge in [-0.1, -0.05) is 48.5 Å². The van der Waals surface area contributed by atoms with Crippen molar-refractivity contribution in [2.75, 3.05) is 5.32 Å². The summed E-state index contributed by atoms with van der Waals surface area (Å²) in [5, 5.41) is 2.76. The molecule has 4 aromatic rings. The van der Waals surface area contributed by atoms with Crippen molar-refractivity contribution in [1.82, 2.24) is 9.55 Å². The molecular weight excluding hydrogens is 326 g/mol. The second kappa shape index (κ2) is 6.64. The van der Waals surface area contributed by atoms with E-state index in [9.17, 15) is 9.59 Å². The highest BCUT2D eigenvalue weighted by molar-refractivity contribution is 6.08. The Hall–Kier alpha value is -3.73. The van der Waals surface area contributed by atoms with Crippen molar-refractivity contribution in [2.45, 2.75) is 0 Å². The molecule has 0 saturated heterocycles. The Morgan fingerprint density at radius 3 is 2.00 bits per heavy atom. The maximum absolute atomic E-state index is 13.0. The van der Waals surface area contributed by atoms with Crippen LogP contribution in [0.5, 0.6) is 0 Å². The lowest BCUT2D eigenvalue weighted by molar-refractivity contribution is 0.0966. The Kier molecular flexibility index (Phi) is 4.03. The van der Waals surface area contributed by atoms with Gasteiger partial charge in [0.05, 0.1) is 11.0 Å². The monoisotopic (exact) mass is 341 g/mol. The smallest absolute Gasteiger partial charge is 0.265 e. The van der Waals surface area contributed by atoms with Gasteiger partial charge in [-0.05, 0) is 36.4 Å². The molecule has 4 rings (SSSR count). The summed E-state index contributed by atoms with van der Waals surface area (Å²) in [5.41, 5.74) is 2.30. The summed E-state index contributed by atoms with van der Waals surface area (Å²) in [7, 11) is 0. The molecule has 0 aliphatic carbocycles. The van der Waals surface area contributed by atoms with Gasteiger partial charge in [-0.2, -0.15) is 0 Å². The van der Waals surface area contributed by atoms with Gasteiger partial charge in [-0.15, -0.1) is 0 Å². The van der Waals surface area contributed by atoms with Gasteiger partial charge in [0, 0.05) is 11.1 Å². The van der Waals surface area contributed by atoms with E-state index in [1.807, 2.05) is 30.3 Å². The lowest BCUT2D eigenvalue weighted by Crippen LogP contribution is -2.20. The lowest BCUT2D eigenvalue weighted by Gasteiger charge is -2.09. The van der Waals surface area contributed by atoms with E-state index in [2.05, 4.69) is 10.3 Å². The average Bonchev–Trinajstić information content (AvgIpc) is 3.06. The quantitative estimate of drug-likeness (QED) is 0.613. The zero-order valence-electron chi connectivity index (χ0n) is 13.8. The molecule has 126 valence electrons. The van der Waals surface area contributed by atoms with Crippen molar-refractivity contribution in [2.24, 2.45) is 0 Å². The van der Waals surface area contributed by atoms with Gasteiger partial charge in [0.1, 0.15) is 0 Å². The Bertz CT molecular complexity index is 1090. The predicted molar refractivity (Wildman–Crippen MR) is 100 cm³/mol. The Balaban J connectivity index is 1.80. The molecule has 0 aliphatic rings. The van der Waals surface area contributed by atoms with Crippen molar-refractivity contribution in [1.29, 1.82) is 0 Å². The van der Waals surface area contributed by atoms with Gasteiger partial charge in [-0.3, -0.25) is 14.9 Å². The molecule has 1 heterocycles. The predicted octanol–water partition coefficient (Wildman–Crippen LogP) is 3.98. The standard InChI is InChI=1S/C21H15N3O2/c25-19(15-9-3-1-4-10-15)23-21-22-17-13-7-8-14-18(17)24(21)20(26)16-11-5-2-6-12-16/h1-14H,(H,22,23,25). The van der Waals surface area contributed by atoms with Crippen molar-refractivity contribution in [3.8, 4) is 0 Å². The number of para-hydroxylation sites is 2. The van der Waals surface area contributed by atoms with E-state index in [1.54, 1.807) is 54.6 Å². The molecule has 0 saturated carbocycles. The summed E-state index contributed by atoms with van der Waals surface area (Å²) in [6.07, 6.45) is 0. The number of carbonyl (C=O) groups is 2. The maximum Gasteiger partial charge on any atom is 0.265 e. The number of rotatable bonds is 3. The summed E-state index contributed by atoms with van der Waals surface area (Å²) in [6, 6.07) is 25.0. The number of fused-ring (bicyclic) bond motifs is 1. The fourth-order valence-electron chi connectivity index (χ4n) is 2.79. The fraction of sp³-hybridized carbons (Fsp3) is 0. The topological polar surface area (TPSA) is 64.0 Å². The van der Waals surface area contributed by atoms with E-state index in [0.717, 1.165) is 0 Å². The number of anilines is 1. The molecule has 0 spiro atoms. The number of amides is 1. The number of aromatic nitrogens is 2. The first-order valence-corrected chi connectivity index (χ1v) is 8.17. The third kappa shape index (κ3) is 2.86. The lowest BCUT2D eigenvalue weighted by atomic mass is 10.2. The summed E-state index contributed by atoms with van der Waals surface area (Å²) in [5.74, 6) is -0.361. The van der Waals surface area contributed by atoms with Crippen molar-refractivity contribution in [3.05, 3.63) is 96.1 Å². The minimum absolute atomic E-state index is 0.203. The zero-order valence-corrected chi connectivity index (χ0v) is 13.8. The van der Waals surface area contributed by atoms with E-state index < -0.39 is 0 Å².